The predicted octanol–water partition coefficient (Wildman–Crippen LogP) is 1.04. The summed E-state index contributed by atoms with van der Waals surface area (Å²) in [4.78, 5) is 4.46. The summed E-state index contributed by atoms with van der Waals surface area (Å²) >= 11 is 0. The summed E-state index contributed by atoms with van der Waals surface area (Å²) < 4.78 is 11.6. The minimum absolute atomic E-state index is 0.439. The van der Waals surface area contributed by atoms with Gasteiger partial charge in [0, 0.05) is 20.2 Å². The highest BCUT2D eigenvalue weighted by molar-refractivity contribution is 5.80. The third-order valence-corrected chi connectivity index (χ3v) is 4.07. The number of aliphatic imine (C=N–C) groups is 1. The SMILES string of the molecule is COCC1(CNC2=NCCCN2)OCCc2ccccc21. The molecule has 0 bridgehead atoms. The van der Waals surface area contributed by atoms with E-state index in [1.165, 1.54) is 11.1 Å². The van der Waals surface area contributed by atoms with Gasteiger partial charge in [-0.25, -0.2) is 0 Å². The number of guanidine groups is 1. The normalized spacial score (nSPS) is 24.7. The topological polar surface area (TPSA) is 54.9 Å². The molecule has 0 saturated heterocycles. The lowest BCUT2D eigenvalue weighted by Crippen LogP contribution is -2.52. The van der Waals surface area contributed by atoms with Crippen LogP contribution in [0.3, 0.4) is 0 Å². The molecule has 3 rings (SSSR count). The van der Waals surface area contributed by atoms with Gasteiger partial charge in [-0.1, -0.05) is 24.3 Å². The van der Waals surface area contributed by atoms with Crippen LogP contribution in [0, 0.1) is 0 Å². The quantitative estimate of drug-likeness (QED) is 0.869. The molecule has 2 aliphatic heterocycles. The molecular formula is C16H23N3O2. The second-order valence-electron chi connectivity index (χ2n) is 5.55. The van der Waals surface area contributed by atoms with Gasteiger partial charge in [0.05, 0.1) is 19.8 Å². The highest BCUT2D eigenvalue weighted by atomic mass is 16.5. The van der Waals surface area contributed by atoms with Gasteiger partial charge in [-0.05, 0) is 24.0 Å². The first kappa shape index (κ1) is 14.4. The smallest absolute Gasteiger partial charge is 0.191 e. The Morgan fingerprint density at radius 3 is 3.14 bits per heavy atom. The van der Waals surface area contributed by atoms with Crippen LogP contribution in [0.5, 0.6) is 0 Å². The Morgan fingerprint density at radius 2 is 2.33 bits per heavy atom. The Morgan fingerprint density at radius 1 is 1.43 bits per heavy atom. The molecule has 2 aliphatic rings. The number of nitrogens with zero attached hydrogens (tertiary/aromatic N) is 1. The number of benzene rings is 1. The van der Waals surface area contributed by atoms with Crippen molar-refractivity contribution in [2.24, 2.45) is 4.99 Å². The Bertz CT molecular complexity index is 518. The molecule has 5 heteroatoms. The van der Waals surface area contributed by atoms with E-state index in [4.69, 9.17) is 9.47 Å². The van der Waals surface area contributed by atoms with E-state index in [0.29, 0.717) is 13.2 Å². The number of fused-ring (bicyclic) bond motifs is 1. The van der Waals surface area contributed by atoms with Crippen molar-refractivity contribution in [2.75, 3.05) is 40.0 Å². The maximum atomic E-state index is 6.15. The van der Waals surface area contributed by atoms with E-state index in [-0.39, 0.29) is 0 Å². The van der Waals surface area contributed by atoms with Crippen LogP contribution in [-0.2, 0) is 21.5 Å². The molecule has 21 heavy (non-hydrogen) atoms. The summed E-state index contributed by atoms with van der Waals surface area (Å²) in [7, 11) is 1.72. The first-order chi connectivity index (χ1) is 10.3. The van der Waals surface area contributed by atoms with Gasteiger partial charge in [0.1, 0.15) is 5.60 Å². The van der Waals surface area contributed by atoms with Gasteiger partial charge >= 0.3 is 0 Å². The maximum absolute atomic E-state index is 6.15. The standard InChI is InChI=1S/C16H23N3O2/c1-20-12-16(11-19-15-17-8-4-9-18-15)14-6-3-2-5-13(14)7-10-21-16/h2-3,5-6H,4,7-12H2,1H3,(H2,17,18,19). The van der Waals surface area contributed by atoms with Crippen LogP contribution in [0.15, 0.2) is 29.3 Å². The van der Waals surface area contributed by atoms with Crippen LogP contribution in [0.4, 0.5) is 0 Å². The molecule has 0 saturated carbocycles. The van der Waals surface area contributed by atoms with Gasteiger partial charge in [-0.15, -0.1) is 0 Å². The molecule has 1 aromatic rings. The summed E-state index contributed by atoms with van der Waals surface area (Å²) in [5.41, 5.74) is 2.13. The average molecular weight is 289 g/mol. The molecule has 0 amide bonds. The lowest BCUT2D eigenvalue weighted by Gasteiger charge is -2.39. The molecule has 1 atom stereocenters. The largest absolute Gasteiger partial charge is 0.381 e. The van der Waals surface area contributed by atoms with Crippen molar-refractivity contribution in [1.29, 1.82) is 0 Å². The van der Waals surface area contributed by atoms with Gasteiger partial charge < -0.3 is 20.1 Å². The number of methoxy groups -OCH3 is 1. The zero-order chi connectivity index (χ0) is 14.5. The molecule has 0 aromatic heterocycles. The van der Waals surface area contributed by atoms with Crippen LogP contribution in [0.1, 0.15) is 17.5 Å². The van der Waals surface area contributed by atoms with E-state index in [1.807, 2.05) is 0 Å². The van der Waals surface area contributed by atoms with Crippen molar-refractivity contribution in [3.63, 3.8) is 0 Å². The van der Waals surface area contributed by atoms with Crippen LogP contribution >= 0.6 is 0 Å². The minimum Gasteiger partial charge on any atom is -0.381 e. The highest BCUT2D eigenvalue weighted by Gasteiger charge is 2.38. The van der Waals surface area contributed by atoms with Crippen LogP contribution in [0.25, 0.3) is 0 Å². The van der Waals surface area contributed by atoms with Gasteiger partial charge in [0.25, 0.3) is 0 Å². The molecular weight excluding hydrogens is 266 g/mol. The second-order valence-corrected chi connectivity index (χ2v) is 5.55. The van der Waals surface area contributed by atoms with E-state index in [2.05, 4.69) is 39.9 Å². The third-order valence-electron chi connectivity index (χ3n) is 4.07. The van der Waals surface area contributed by atoms with Gasteiger partial charge in [0.2, 0.25) is 0 Å². The summed E-state index contributed by atoms with van der Waals surface area (Å²) in [6.07, 6.45) is 2.05. The molecule has 0 radical (unpaired) electrons. The molecule has 5 nitrogen and oxygen atoms in total. The van der Waals surface area contributed by atoms with Crippen LogP contribution < -0.4 is 10.6 Å². The zero-order valence-corrected chi connectivity index (χ0v) is 12.5. The highest BCUT2D eigenvalue weighted by Crippen LogP contribution is 2.33. The number of hydrogen-bond acceptors (Lipinski definition) is 5. The average Bonchev–Trinajstić information content (AvgIpc) is 2.55. The zero-order valence-electron chi connectivity index (χ0n) is 12.5. The lowest BCUT2D eigenvalue weighted by molar-refractivity contribution is -0.0989. The summed E-state index contributed by atoms with van der Waals surface area (Å²) in [5, 5.41) is 6.68. The Balaban J connectivity index is 1.81. The second kappa shape index (κ2) is 6.45. The van der Waals surface area contributed by atoms with Crippen molar-refractivity contribution in [1.82, 2.24) is 10.6 Å². The Hall–Kier alpha value is -1.59. The van der Waals surface area contributed by atoms with Gasteiger partial charge in [-0.2, -0.15) is 0 Å². The molecule has 2 N–H and O–H groups in total. The summed E-state index contributed by atoms with van der Waals surface area (Å²) in [6.45, 7) is 3.76. The number of nitrogens with one attached hydrogen (secondary N) is 2. The molecule has 2 heterocycles. The van der Waals surface area contributed by atoms with Crippen molar-refractivity contribution in [3.05, 3.63) is 35.4 Å². The fourth-order valence-corrected chi connectivity index (χ4v) is 3.04. The van der Waals surface area contributed by atoms with Gasteiger partial charge in [-0.3, -0.25) is 4.99 Å². The van der Waals surface area contributed by atoms with Crippen LogP contribution in [-0.4, -0.2) is 45.9 Å². The van der Waals surface area contributed by atoms with Crippen molar-refractivity contribution < 1.29 is 9.47 Å². The summed E-state index contributed by atoms with van der Waals surface area (Å²) in [5.74, 6) is 0.864. The van der Waals surface area contributed by atoms with E-state index in [0.717, 1.165) is 38.5 Å². The van der Waals surface area contributed by atoms with E-state index >= 15 is 0 Å². The van der Waals surface area contributed by atoms with Crippen molar-refractivity contribution >= 4 is 5.96 Å². The van der Waals surface area contributed by atoms with E-state index in [9.17, 15) is 0 Å². The Labute approximate surface area is 125 Å². The number of ether oxygens (including phenoxy) is 2. The lowest BCUT2D eigenvalue weighted by atomic mass is 9.86. The Kier molecular flexibility index (Phi) is 4.41. The van der Waals surface area contributed by atoms with Crippen molar-refractivity contribution in [3.8, 4) is 0 Å². The number of rotatable bonds is 4. The van der Waals surface area contributed by atoms with E-state index in [1.54, 1.807) is 7.11 Å². The number of hydrogen-bond donors (Lipinski definition) is 2. The van der Waals surface area contributed by atoms with E-state index < -0.39 is 5.60 Å². The first-order valence-corrected chi connectivity index (χ1v) is 7.57. The predicted molar refractivity (Wildman–Crippen MR) is 82.6 cm³/mol. The minimum atomic E-state index is -0.439. The molecule has 114 valence electrons. The fraction of sp³-hybridized carbons (Fsp3) is 0.562. The third kappa shape index (κ3) is 3.04. The van der Waals surface area contributed by atoms with Crippen LogP contribution in [0.2, 0.25) is 0 Å². The molecule has 0 aliphatic carbocycles. The molecule has 0 fully saturated rings. The first-order valence-electron chi connectivity index (χ1n) is 7.57. The molecule has 1 unspecified atom stereocenters. The van der Waals surface area contributed by atoms with Crippen molar-refractivity contribution in [2.45, 2.75) is 18.4 Å². The molecule has 0 spiro atoms. The van der Waals surface area contributed by atoms with Gasteiger partial charge in [0.15, 0.2) is 5.96 Å². The fourth-order valence-electron chi connectivity index (χ4n) is 3.04. The monoisotopic (exact) mass is 289 g/mol. The molecule has 1 aromatic carbocycles. The maximum Gasteiger partial charge on any atom is 0.191 e. The summed E-state index contributed by atoms with van der Waals surface area (Å²) in [6, 6.07) is 8.47.